The zero-order valence-corrected chi connectivity index (χ0v) is 9.40. The maximum Gasteiger partial charge on any atom is 0.407 e. The second-order valence-corrected chi connectivity index (χ2v) is 3.34. The summed E-state index contributed by atoms with van der Waals surface area (Å²) in [4.78, 5) is 11.1. The summed E-state index contributed by atoms with van der Waals surface area (Å²) < 4.78 is 4.69. The quantitative estimate of drug-likeness (QED) is 0.794. The Morgan fingerprint density at radius 3 is 2.69 bits per heavy atom. The van der Waals surface area contributed by atoms with Gasteiger partial charge in [0.05, 0.1) is 6.61 Å². The highest BCUT2D eigenvalue weighted by molar-refractivity contribution is 5.67. The number of hydrogen-bond donors (Lipinski definition) is 2. The fraction of sp³-hybridized carbons (Fsp3) is 0.417. The molecule has 1 rings (SSSR count). The van der Waals surface area contributed by atoms with Crippen LogP contribution >= 0.6 is 0 Å². The van der Waals surface area contributed by atoms with Crippen molar-refractivity contribution in [3.63, 3.8) is 0 Å². The molecule has 88 valence electrons. The Morgan fingerprint density at radius 1 is 1.38 bits per heavy atom. The van der Waals surface area contributed by atoms with Gasteiger partial charge in [-0.05, 0) is 17.5 Å². The Kier molecular flexibility index (Phi) is 5.36. The first-order valence-electron chi connectivity index (χ1n) is 5.36. The van der Waals surface area contributed by atoms with Crippen molar-refractivity contribution in [3.05, 3.63) is 35.4 Å². The minimum absolute atomic E-state index is 0.0290. The molecular formula is C12H17NO3. The fourth-order valence-corrected chi connectivity index (χ4v) is 1.43. The molecule has 0 saturated carbocycles. The number of alkyl carbamates (subject to hydrolysis) is 1. The summed E-state index contributed by atoms with van der Waals surface area (Å²) in [6, 6.07) is 7.93. The molecule has 0 radical (unpaired) electrons. The van der Waals surface area contributed by atoms with Gasteiger partial charge in [-0.25, -0.2) is 4.79 Å². The Morgan fingerprint density at radius 2 is 2.06 bits per heavy atom. The SMILES string of the molecule is CCc1ccccc1CNC(=O)OCCO. The van der Waals surface area contributed by atoms with Gasteiger partial charge in [0.1, 0.15) is 6.61 Å². The summed E-state index contributed by atoms with van der Waals surface area (Å²) >= 11 is 0. The van der Waals surface area contributed by atoms with Crippen molar-refractivity contribution in [1.29, 1.82) is 0 Å². The van der Waals surface area contributed by atoms with Gasteiger partial charge in [-0.1, -0.05) is 31.2 Å². The van der Waals surface area contributed by atoms with E-state index in [0.29, 0.717) is 6.54 Å². The van der Waals surface area contributed by atoms with Gasteiger partial charge in [-0.3, -0.25) is 0 Å². The normalized spacial score (nSPS) is 9.88. The number of carbonyl (C=O) groups is 1. The molecule has 0 aliphatic rings. The van der Waals surface area contributed by atoms with Crippen LogP contribution in [0.2, 0.25) is 0 Å². The summed E-state index contributed by atoms with van der Waals surface area (Å²) in [5.74, 6) is 0. The lowest BCUT2D eigenvalue weighted by atomic mass is 10.1. The van der Waals surface area contributed by atoms with E-state index in [0.717, 1.165) is 12.0 Å². The summed E-state index contributed by atoms with van der Waals surface area (Å²) in [6.07, 6.45) is 0.434. The third kappa shape index (κ3) is 3.90. The molecule has 2 N–H and O–H groups in total. The van der Waals surface area contributed by atoms with Crippen LogP contribution < -0.4 is 5.32 Å². The zero-order valence-electron chi connectivity index (χ0n) is 9.40. The van der Waals surface area contributed by atoms with Crippen LogP contribution in [-0.2, 0) is 17.7 Å². The molecule has 0 unspecified atom stereocenters. The highest BCUT2D eigenvalue weighted by Gasteiger charge is 2.03. The molecule has 16 heavy (non-hydrogen) atoms. The van der Waals surface area contributed by atoms with Gasteiger partial charge >= 0.3 is 6.09 Å². The van der Waals surface area contributed by atoms with Crippen LogP contribution in [0.4, 0.5) is 4.79 Å². The van der Waals surface area contributed by atoms with Gasteiger partial charge in [0.2, 0.25) is 0 Å². The Bertz CT molecular complexity index is 339. The summed E-state index contributed by atoms with van der Waals surface area (Å²) in [5, 5.41) is 11.1. The first kappa shape index (κ1) is 12.5. The van der Waals surface area contributed by atoms with E-state index >= 15 is 0 Å². The molecule has 0 aliphatic carbocycles. The third-order valence-corrected chi connectivity index (χ3v) is 2.25. The maximum absolute atomic E-state index is 11.1. The van der Waals surface area contributed by atoms with Gasteiger partial charge in [-0.15, -0.1) is 0 Å². The number of rotatable bonds is 5. The molecule has 1 amide bonds. The number of carbonyl (C=O) groups excluding carboxylic acids is 1. The smallest absolute Gasteiger partial charge is 0.407 e. The first-order valence-corrected chi connectivity index (χ1v) is 5.36. The molecule has 0 aliphatic heterocycles. The number of ether oxygens (including phenoxy) is 1. The largest absolute Gasteiger partial charge is 0.447 e. The average molecular weight is 223 g/mol. The van der Waals surface area contributed by atoms with Gasteiger partial charge < -0.3 is 15.2 Å². The molecule has 1 aromatic rings. The maximum atomic E-state index is 11.1. The Balaban J connectivity index is 2.44. The monoisotopic (exact) mass is 223 g/mol. The number of aryl methyl sites for hydroxylation is 1. The van der Waals surface area contributed by atoms with Crippen LogP contribution in [0.15, 0.2) is 24.3 Å². The van der Waals surface area contributed by atoms with E-state index in [4.69, 9.17) is 5.11 Å². The lowest BCUT2D eigenvalue weighted by molar-refractivity contribution is 0.119. The van der Waals surface area contributed by atoms with E-state index in [9.17, 15) is 4.79 Å². The number of hydrogen-bond acceptors (Lipinski definition) is 3. The van der Waals surface area contributed by atoms with Crippen LogP contribution in [0, 0.1) is 0 Å². The number of benzene rings is 1. The van der Waals surface area contributed by atoms with Crippen LogP contribution in [0.1, 0.15) is 18.1 Å². The predicted molar refractivity (Wildman–Crippen MR) is 61.1 cm³/mol. The number of amides is 1. The molecule has 0 heterocycles. The van der Waals surface area contributed by atoms with E-state index in [2.05, 4.69) is 17.0 Å². The van der Waals surface area contributed by atoms with Crippen molar-refractivity contribution in [2.24, 2.45) is 0 Å². The van der Waals surface area contributed by atoms with Crippen molar-refractivity contribution in [3.8, 4) is 0 Å². The van der Waals surface area contributed by atoms with Gasteiger partial charge in [0.15, 0.2) is 0 Å². The van der Waals surface area contributed by atoms with Crippen LogP contribution in [0.5, 0.6) is 0 Å². The van der Waals surface area contributed by atoms with E-state index < -0.39 is 6.09 Å². The number of aliphatic hydroxyl groups is 1. The number of nitrogens with one attached hydrogen (secondary N) is 1. The lowest BCUT2D eigenvalue weighted by Crippen LogP contribution is -2.25. The van der Waals surface area contributed by atoms with Crippen molar-refractivity contribution < 1.29 is 14.6 Å². The van der Waals surface area contributed by atoms with Gasteiger partial charge in [0.25, 0.3) is 0 Å². The Labute approximate surface area is 95.2 Å². The first-order chi connectivity index (χ1) is 7.77. The van der Waals surface area contributed by atoms with Gasteiger partial charge in [-0.2, -0.15) is 0 Å². The second-order valence-electron chi connectivity index (χ2n) is 3.34. The van der Waals surface area contributed by atoms with E-state index in [-0.39, 0.29) is 13.2 Å². The predicted octanol–water partition coefficient (Wildman–Crippen LogP) is 1.47. The average Bonchev–Trinajstić information content (AvgIpc) is 2.34. The minimum Gasteiger partial charge on any atom is -0.447 e. The minimum atomic E-state index is -0.500. The van der Waals surface area contributed by atoms with Gasteiger partial charge in [0, 0.05) is 6.54 Å². The molecular weight excluding hydrogens is 206 g/mol. The van der Waals surface area contributed by atoms with Crippen molar-refractivity contribution >= 4 is 6.09 Å². The molecule has 4 heteroatoms. The van der Waals surface area contributed by atoms with E-state index in [1.54, 1.807) is 0 Å². The second kappa shape index (κ2) is 6.85. The topological polar surface area (TPSA) is 58.6 Å². The van der Waals surface area contributed by atoms with E-state index in [1.165, 1.54) is 5.56 Å². The molecule has 0 bridgehead atoms. The molecule has 1 aromatic carbocycles. The van der Waals surface area contributed by atoms with Crippen molar-refractivity contribution in [2.45, 2.75) is 19.9 Å². The van der Waals surface area contributed by atoms with Crippen LogP contribution in [-0.4, -0.2) is 24.4 Å². The number of aliphatic hydroxyl groups excluding tert-OH is 1. The fourth-order valence-electron chi connectivity index (χ4n) is 1.43. The third-order valence-electron chi connectivity index (χ3n) is 2.25. The van der Waals surface area contributed by atoms with Crippen LogP contribution in [0.25, 0.3) is 0 Å². The zero-order chi connectivity index (χ0) is 11.8. The van der Waals surface area contributed by atoms with E-state index in [1.807, 2.05) is 24.3 Å². The molecule has 0 atom stereocenters. The molecule has 0 saturated heterocycles. The Hall–Kier alpha value is -1.55. The molecule has 0 fully saturated rings. The highest BCUT2D eigenvalue weighted by Crippen LogP contribution is 2.08. The standard InChI is InChI=1S/C12H17NO3/c1-2-10-5-3-4-6-11(10)9-13-12(15)16-8-7-14/h3-6,14H,2,7-9H2,1H3,(H,13,15). The lowest BCUT2D eigenvalue weighted by Gasteiger charge is -2.09. The highest BCUT2D eigenvalue weighted by atomic mass is 16.6. The summed E-state index contributed by atoms with van der Waals surface area (Å²) in [6.45, 7) is 2.40. The van der Waals surface area contributed by atoms with Crippen LogP contribution in [0.3, 0.4) is 0 Å². The summed E-state index contributed by atoms with van der Waals surface area (Å²) in [7, 11) is 0. The molecule has 4 nitrogen and oxygen atoms in total. The molecule has 0 spiro atoms. The molecule has 0 aromatic heterocycles. The van der Waals surface area contributed by atoms with Crippen molar-refractivity contribution in [2.75, 3.05) is 13.2 Å². The summed E-state index contributed by atoms with van der Waals surface area (Å²) in [5.41, 5.74) is 2.30. The van der Waals surface area contributed by atoms with Crippen molar-refractivity contribution in [1.82, 2.24) is 5.32 Å².